The zero-order chi connectivity index (χ0) is 15.0. The van der Waals surface area contributed by atoms with Gasteiger partial charge < -0.3 is 10.1 Å². The quantitative estimate of drug-likeness (QED) is 0.572. The Labute approximate surface area is 122 Å². The molecule has 1 aliphatic carbocycles. The van der Waals surface area contributed by atoms with E-state index >= 15 is 0 Å². The maximum atomic E-state index is 12.5. The van der Waals surface area contributed by atoms with Crippen molar-refractivity contribution in [3.63, 3.8) is 0 Å². The second-order valence-electron chi connectivity index (χ2n) is 5.35. The predicted octanol–water partition coefficient (Wildman–Crippen LogP) is 1.67. The average molecular weight is 305 g/mol. The fourth-order valence-corrected chi connectivity index (χ4v) is 4.63. The van der Waals surface area contributed by atoms with Crippen LogP contribution in [0.15, 0.2) is 0 Å². The van der Waals surface area contributed by atoms with Gasteiger partial charge in [0.2, 0.25) is 0 Å². The minimum absolute atomic E-state index is 0.0307. The van der Waals surface area contributed by atoms with Crippen LogP contribution in [0.3, 0.4) is 0 Å². The molecule has 5 nitrogen and oxygen atoms in total. The van der Waals surface area contributed by atoms with Gasteiger partial charge >= 0.3 is 5.97 Å². The molecule has 0 bridgehead atoms. The smallest absolute Gasteiger partial charge is 0.321 e. The third-order valence-corrected chi connectivity index (χ3v) is 5.82. The van der Waals surface area contributed by atoms with Crippen LogP contribution in [-0.4, -0.2) is 44.6 Å². The molecule has 0 aromatic rings. The predicted molar refractivity (Wildman–Crippen MR) is 79.4 cm³/mol. The molecule has 1 fully saturated rings. The Bertz CT molecular complexity index is 394. The minimum atomic E-state index is -3.44. The van der Waals surface area contributed by atoms with Crippen LogP contribution >= 0.6 is 0 Å². The number of hydrogen-bond acceptors (Lipinski definition) is 5. The van der Waals surface area contributed by atoms with Crippen molar-refractivity contribution < 1.29 is 17.9 Å². The number of carbonyl (C=O) groups excluding carboxylic acids is 1. The molecule has 0 aromatic carbocycles. The highest BCUT2D eigenvalue weighted by Crippen LogP contribution is 2.24. The number of ether oxygens (including phenoxy) is 1. The van der Waals surface area contributed by atoms with E-state index in [2.05, 4.69) is 12.2 Å². The van der Waals surface area contributed by atoms with Crippen LogP contribution in [0, 0.1) is 0 Å². The first-order valence-corrected chi connectivity index (χ1v) is 9.33. The molecular formula is C14H27NO4S. The van der Waals surface area contributed by atoms with Crippen LogP contribution in [0.4, 0.5) is 0 Å². The Kier molecular flexibility index (Phi) is 7.51. The van der Waals surface area contributed by atoms with E-state index in [1.165, 1.54) is 0 Å². The van der Waals surface area contributed by atoms with Crippen molar-refractivity contribution in [3.05, 3.63) is 0 Å². The highest BCUT2D eigenvalue weighted by molar-refractivity contribution is 7.92. The first-order valence-electron chi connectivity index (χ1n) is 7.61. The Morgan fingerprint density at radius 3 is 2.55 bits per heavy atom. The molecule has 118 valence electrons. The number of sulfone groups is 1. The van der Waals surface area contributed by atoms with Crippen LogP contribution in [0.25, 0.3) is 0 Å². The molecule has 20 heavy (non-hydrogen) atoms. The zero-order valence-electron chi connectivity index (χ0n) is 12.6. The van der Waals surface area contributed by atoms with E-state index in [9.17, 15) is 13.2 Å². The van der Waals surface area contributed by atoms with E-state index < -0.39 is 26.8 Å². The summed E-state index contributed by atoms with van der Waals surface area (Å²) in [6, 6.07) is -0.0307. The Hall–Kier alpha value is -0.620. The monoisotopic (exact) mass is 305 g/mol. The summed E-state index contributed by atoms with van der Waals surface area (Å²) in [7, 11) is -3.44. The molecule has 6 heteroatoms. The summed E-state index contributed by atoms with van der Waals surface area (Å²) in [6.07, 6.45) is 5.51. The molecule has 0 aliphatic heterocycles. The van der Waals surface area contributed by atoms with E-state index in [0.717, 1.165) is 38.6 Å². The van der Waals surface area contributed by atoms with Crippen molar-refractivity contribution in [1.82, 2.24) is 5.32 Å². The van der Waals surface area contributed by atoms with Crippen LogP contribution in [0.5, 0.6) is 0 Å². The molecule has 1 rings (SSSR count). The maximum absolute atomic E-state index is 12.5. The largest absolute Gasteiger partial charge is 0.465 e. The fraction of sp³-hybridized carbons (Fsp3) is 0.929. The zero-order valence-corrected chi connectivity index (χ0v) is 13.4. The topological polar surface area (TPSA) is 72.5 Å². The maximum Gasteiger partial charge on any atom is 0.321 e. The van der Waals surface area contributed by atoms with E-state index in [4.69, 9.17) is 4.74 Å². The third kappa shape index (κ3) is 5.40. The van der Waals surface area contributed by atoms with E-state index in [0.29, 0.717) is 6.42 Å². The molecule has 1 aliphatic rings. The van der Waals surface area contributed by atoms with Gasteiger partial charge in [-0.3, -0.25) is 4.79 Å². The van der Waals surface area contributed by atoms with Crippen molar-refractivity contribution in [1.29, 1.82) is 0 Å². The Morgan fingerprint density at radius 1 is 1.20 bits per heavy atom. The van der Waals surface area contributed by atoms with Gasteiger partial charge in [-0.1, -0.05) is 26.2 Å². The SMILES string of the molecule is CCCNC1CCCCCC1S(=O)(=O)CC(=O)OCC. The van der Waals surface area contributed by atoms with Gasteiger partial charge in [0.15, 0.2) is 9.84 Å². The van der Waals surface area contributed by atoms with Gasteiger partial charge in [-0.05, 0) is 32.7 Å². The summed E-state index contributed by atoms with van der Waals surface area (Å²) in [6.45, 7) is 4.78. The van der Waals surface area contributed by atoms with E-state index in [1.807, 2.05) is 0 Å². The molecule has 1 N–H and O–H groups in total. The molecular weight excluding hydrogens is 278 g/mol. The first-order chi connectivity index (χ1) is 9.51. The molecule has 0 saturated heterocycles. The molecule has 1 saturated carbocycles. The average Bonchev–Trinajstić information content (AvgIpc) is 2.61. The van der Waals surface area contributed by atoms with Crippen molar-refractivity contribution in [2.24, 2.45) is 0 Å². The van der Waals surface area contributed by atoms with Gasteiger partial charge in [0, 0.05) is 6.04 Å². The van der Waals surface area contributed by atoms with Crippen molar-refractivity contribution in [2.45, 2.75) is 63.7 Å². The number of esters is 1. The number of rotatable bonds is 7. The van der Waals surface area contributed by atoms with Gasteiger partial charge in [-0.25, -0.2) is 8.42 Å². The van der Waals surface area contributed by atoms with E-state index in [-0.39, 0.29) is 12.6 Å². The van der Waals surface area contributed by atoms with Crippen LogP contribution in [0.1, 0.15) is 52.4 Å². The van der Waals surface area contributed by atoms with Gasteiger partial charge in [0.25, 0.3) is 0 Å². The van der Waals surface area contributed by atoms with E-state index in [1.54, 1.807) is 6.92 Å². The lowest BCUT2D eigenvalue weighted by Gasteiger charge is -2.25. The minimum Gasteiger partial charge on any atom is -0.465 e. The van der Waals surface area contributed by atoms with Gasteiger partial charge in [-0.2, -0.15) is 0 Å². The fourth-order valence-electron chi connectivity index (χ4n) is 2.74. The molecule has 0 amide bonds. The molecule has 0 heterocycles. The molecule has 2 unspecified atom stereocenters. The molecule has 0 aromatic heterocycles. The lowest BCUT2D eigenvalue weighted by atomic mass is 10.1. The van der Waals surface area contributed by atoms with Gasteiger partial charge in [0.1, 0.15) is 5.75 Å². The van der Waals surface area contributed by atoms with Crippen LogP contribution in [-0.2, 0) is 19.4 Å². The van der Waals surface area contributed by atoms with Gasteiger partial charge in [-0.15, -0.1) is 0 Å². The van der Waals surface area contributed by atoms with Crippen LogP contribution in [0.2, 0.25) is 0 Å². The van der Waals surface area contributed by atoms with Crippen molar-refractivity contribution in [2.75, 3.05) is 18.9 Å². The summed E-state index contributed by atoms with van der Waals surface area (Å²) in [5.74, 6) is -1.12. The number of nitrogens with one attached hydrogen (secondary N) is 1. The summed E-state index contributed by atoms with van der Waals surface area (Å²) in [5.41, 5.74) is 0. The lowest BCUT2D eigenvalue weighted by Crippen LogP contribution is -2.45. The lowest BCUT2D eigenvalue weighted by molar-refractivity contribution is -0.139. The van der Waals surface area contributed by atoms with Crippen LogP contribution < -0.4 is 5.32 Å². The number of hydrogen-bond donors (Lipinski definition) is 1. The third-order valence-electron chi connectivity index (χ3n) is 3.69. The first kappa shape index (κ1) is 17.4. The Morgan fingerprint density at radius 2 is 1.90 bits per heavy atom. The summed E-state index contributed by atoms with van der Waals surface area (Å²) >= 11 is 0. The number of carbonyl (C=O) groups is 1. The summed E-state index contributed by atoms with van der Waals surface area (Å²) in [4.78, 5) is 11.5. The highest BCUT2D eigenvalue weighted by Gasteiger charge is 2.35. The summed E-state index contributed by atoms with van der Waals surface area (Å²) in [5, 5.41) is 2.88. The second kappa shape index (κ2) is 8.62. The summed E-state index contributed by atoms with van der Waals surface area (Å²) < 4.78 is 29.7. The highest BCUT2D eigenvalue weighted by atomic mass is 32.2. The standard InChI is InChI=1S/C14H27NO4S/c1-3-10-15-12-8-6-5-7-9-13(12)20(17,18)11-14(16)19-4-2/h12-13,15H,3-11H2,1-2H3. The molecule has 2 atom stereocenters. The van der Waals surface area contributed by atoms with Crippen molar-refractivity contribution in [3.8, 4) is 0 Å². The molecule has 0 spiro atoms. The Balaban J connectivity index is 2.77. The second-order valence-corrected chi connectivity index (χ2v) is 7.57. The van der Waals surface area contributed by atoms with Gasteiger partial charge in [0.05, 0.1) is 11.9 Å². The molecule has 0 radical (unpaired) electrons. The normalized spacial score (nSPS) is 24.1. The van der Waals surface area contributed by atoms with Crippen molar-refractivity contribution >= 4 is 15.8 Å².